The van der Waals surface area contributed by atoms with Crippen molar-refractivity contribution in [1.82, 2.24) is 5.32 Å². The fraction of sp³-hybridized carbons (Fsp3) is 0.429. The number of nitrogens with one attached hydrogen (secondary N) is 1. The van der Waals surface area contributed by atoms with E-state index in [4.69, 9.17) is 0 Å². The van der Waals surface area contributed by atoms with Gasteiger partial charge in [0, 0.05) is 5.56 Å². The van der Waals surface area contributed by atoms with Crippen molar-refractivity contribution in [2.75, 3.05) is 0 Å². The minimum atomic E-state index is -0.657. The summed E-state index contributed by atoms with van der Waals surface area (Å²) >= 11 is 0. The average Bonchev–Trinajstić information content (AvgIpc) is 2.53. The number of rotatable bonds is 8. The summed E-state index contributed by atoms with van der Waals surface area (Å²) in [6.45, 7) is 9.29. The molecule has 0 aliphatic heterocycles. The van der Waals surface area contributed by atoms with Crippen molar-refractivity contribution >= 4 is 12.2 Å². The summed E-state index contributed by atoms with van der Waals surface area (Å²) in [5.41, 5.74) is 3.25. The number of hydrogen-bond donors (Lipinski definition) is 3. The molecule has 0 heterocycles. The van der Waals surface area contributed by atoms with Gasteiger partial charge in [0.15, 0.2) is 0 Å². The summed E-state index contributed by atoms with van der Waals surface area (Å²) in [6, 6.07) is 0.804. The van der Waals surface area contributed by atoms with Crippen molar-refractivity contribution in [2.45, 2.75) is 59.9 Å². The van der Waals surface area contributed by atoms with Crippen LogP contribution < -0.4 is 5.32 Å². The van der Waals surface area contributed by atoms with E-state index in [1.165, 1.54) is 11.6 Å². The van der Waals surface area contributed by atoms with Crippen LogP contribution >= 0.6 is 0 Å². The van der Waals surface area contributed by atoms with Crippen molar-refractivity contribution in [1.29, 1.82) is 0 Å². The van der Waals surface area contributed by atoms with Crippen molar-refractivity contribution < 1.29 is 19.8 Å². The number of aromatic hydroxyl groups is 2. The van der Waals surface area contributed by atoms with Crippen LogP contribution in [0.25, 0.3) is 0 Å². The second-order valence-electron chi connectivity index (χ2n) is 6.89. The Balaban J connectivity index is 3.05. The third-order valence-electron chi connectivity index (χ3n) is 4.12. The monoisotopic (exact) mass is 359 g/mol. The molecule has 1 atom stereocenters. The fourth-order valence-corrected chi connectivity index (χ4v) is 2.59. The summed E-state index contributed by atoms with van der Waals surface area (Å²) in [5, 5.41) is 23.2. The molecular weight excluding hydrogens is 330 g/mol. The van der Waals surface area contributed by atoms with Crippen LogP contribution in [0.4, 0.5) is 0 Å². The molecule has 1 amide bonds. The largest absolute Gasteiger partial charge is 0.508 e. The maximum absolute atomic E-state index is 12.3. The SMILES string of the molecule is CC(C)=CCC/C(C)=C/Cc1c(O)cc(C)c(C(=O)NC(C)C=O)c1O. The second kappa shape index (κ2) is 9.80. The van der Waals surface area contributed by atoms with Crippen LogP contribution in [0.2, 0.25) is 0 Å². The van der Waals surface area contributed by atoms with Gasteiger partial charge in [-0.3, -0.25) is 4.79 Å². The van der Waals surface area contributed by atoms with Crippen LogP contribution in [0.15, 0.2) is 29.4 Å². The number of carbonyl (C=O) groups excluding carboxylic acids is 2. The molecule has 1 rings (SSSR count). The molecule has 0 fully saturated rings. The van der Waals surface area contributed by atoms with E-state index in [0.717, 1.165) is 18.4 Å². The number of benzene rings is 1. The zero-order chi connectivity index (χ0) is 19.9. The lowest BCUT2D eigenvalue weighted by atomic mass is 9.97. The minimum Gasteiger partial charge on any atom is -0.508 e. The third kappa shape index (κ3) is 6.06. The Morgan fingerprint density at radius 2 is 1.88 bits per heavy atom. The van der Waals surface area contributed by atoms with Gasteiger partial charge in [0.1, 0.15) is 17.8 Å². The lowest BCUT2D eigenvalue weighted by molar-refractivity contribution is -0.109. The number of aryl methyl sites for hydroxylation is 1. The highest BCUT2D eigenvalue weighted by molar-refractivity contribution is 6.00. The van der Waals surface area contributed by atoms with Gasteiger partial charge < -0.3 is 20.3 Å². The molecule has 142 valence electrons. The normalized spacial score (nSPS) is 12.4. The topological polar surface area (TPSA) is 86.6 Å². The van der Waals surface area contributed by atoms with Crippen molar-refractivity contribution in [3.63, 3.8) is 0 Å². The van der Waals surface area contributed by atoms with Gasteiger partial charge in [0.25, 0.3) is 5.91 Å². The molecule has 26 heavy (non-hydrogen) atoms. The van der Waals surface area contributed by atoms with Crippen molar-refractivity contribution in [3.8, 4) is 11.5 Å². The number of allylic oxidation sites excluding steroid dienone is 4. The van der Waals surface area contributed by atoms with Gasteiger partial charge in [0.2, 0.25) is 0 Å². The molecule has 0 saturated heterocycles. The van der Waals surface area contributed by atoms with E-state index in [1.54, 1.807) is 13.8 Å². The molecule has 1 aromatic carbocycles. The smallest absolute Gasteiger partial charge is 0.255 e. The minimum absolute atomic E-state index is 0.0478. The summed E-state index contributed by atoms with van der Waals surface area (Å²) < 4.78 is 0. The second-order valence-corrected chi connectivity index (χ2v) is 6.89. The van der Waals surface area contributed by atoms with Gasteiger partial charge in [-0.1, -0.05) is 23.3 Å². The average molecular weight is 359 g/mol. The summed E-state index contributed by atoms with van der Waals surface area (Å²) in [5.74, 6) is -0.829. The van der Waals surface area contributed by atoms with Crippen LogP contribution in [-0.4, -0.2) is 28.4 Å². The quantitative estimate of drug-likeness (QED) is 0.484. The summed E-state index contributed by atoms with van der Waals surface area (Å²) in [7, 11) is 0. The molecule has 0 spiro atoms. The Hall–Kier alpha value is -2.56. The van der Waals surface area contributed by atoms with Gasteiger partial charge >= 0.3 is 0 Å². The molecule has 5 heteroatoms. The molecule has 0 radical (unpaired) electrons. The van der Waals surface area contributed by atoms with E-state index in [9.17, 15) is 19.8 Å². The van der Waals surface area contributed by atoms with Crippen LogP contribution in [0, 0.1) is 6.92 Å². The predicted octanol–water partition coefficient (Wildman–Crippen LogP) is 3.96. The zero-order valence-electron chi connectivity index (χ0n) is 16.2. The fourth-order valence-electron chi connectivity index (χ4n) is 2.59. The predicted molar refractivity (Wildman–Crippen MR) is 104 cm³/mol. The first-order valence-electron chi connectivity index (χ1n) is 8.76. The lowest BCUT2D eigenvalue weighted by Gasteiger charge is -2.15. The number of phenolic OH excluding ortho intramolecular Hbond substituents is 2. The summed E-state index contributed by atoms with van der Waals surface area (Å²) in [4.78, 5) is 23.1. The van der Waals surface area contributed by atoms with Gasteiger partial charge in [-0.15, -0.1) is 0 Å². The first kappa shape index (κ1) is 21.5. The molecule has 5 nitrogen and oxygen atoms in total. The molecular formula is C21H29NO4. The Kier molecular flexibility index (Phi) is 8.10. The van der Waals surface area contributed by atoms with Crippen LogP contribution in [0.5, 0.6) is 11.5 Å². The van der Waals surface area contributed by atoms with Gasteiger partial charge in [0.05, 0.1) is 11.6 Å². The van der Waals surface area contributed by atoms with Crippen LogP contribution in [0.1, 0.15) is 62.0 Å². The molecule has 0 saturated carbocycles. The lowest BCUT2D eigenvalue weighted by Crippen LogP contribution is -2.34. The van der Waals surface area contributed by atoms with E-state index < -0.39 is 11.9 Å². The van der Waals surface area contributed by atoms with E-state index in [-0.39, 0.29) is 17.1 Å². The van der Waals surface area contributed by atoms with Crippen LogP contribution in [-0.2, 0) is 11.2 Å². The Bertz CT molecular complexity index is 728. The zero-order valence-corrected chi connectivity index (χ0v) is 16.2. The maximum atomic E-state index is 12.3. The van der Waals surface area contributed by atoms with Crippen molar-refractivity contribution in [2.24, 2.45) is 0 Å². The molecule has 0 aliphatic carbocycles. The molecule has 1 unspecified atom stereocenters. The van der Waals surface area contributed by atoms with Gasteiger partial charge in [-0.05, 0) is 65.5 Å². The van der Waals surface area contributed by atoms with Gasteiger partial charge in [-0.2, -0.15) is 0 Å². The number of hydrogen-bond acceptors (Lipinski definition) is 4. The van der Waals surface area contributed by atoms with E-state index in [0.29, 0.717) is 23.8 Å². The maximum Gasteiger partial charge on any atom is 0.255 e. The Morgan fingerprint density at radius 1 is 1.23 bits per heavy atom. The molecule has 3 N–H and O–H groups in total. The van der Waals surface area contributed by atoms with E-state index in [1.807, 2.05) is 13.0 Å². The molecule has 0 bridgehead atoms. The van der Waals surface area contributed by atoms with E-state index >= 15 is 0 Å². The highest BCUT2D eigenvalue weighted by Crippen LogP contribution is 2.34. The molecule has 0 aromatic heterocycles. The first-order valence-corrected chi connectivity index (χ1v) is 8.76. The highest BCUT2D eigenvalue weighted by Gasteiger charge is 2.21. The standard InChI is InChI=1S/C21H29NO4/c1-13(2)7-6-8-14(3)9-10-17-18(24)11-15(4)19(20(17)25)21(26)22-16(5)12-23/h7,9,11-12,16,24-25H,6,8,10H2,1-5H3,(H,22,26)/b14-9+. The number of phenols is 2. The first-order chi connectivity index (χ1) is 12.2. The number of aldehydes is 1. The van der Waals surface area contributed by atoms with Gasteiger partial charge in [-0.25, -0.2) is 0 Å². The molecule has 1 aromatic rings. The number of carbonyl (C=O) groups is 2. The third-order valence-corrected chi connectivity index (χ3v) is 4.12. The van der Waals surface area contributed by atoms with Crippen molar-refractivity contribution in [3.05, 3.63) is 46.1 Å². The number of amides is 1. The molecule has 0 aliphatic rings. The Labute approximate surface area is 155 Å². The Morgan fingerprint density at radius 3 is 2.46 bits per heavy atom. The van der Waals surface area contributed by atoms with E-state index in [2.05, 4.69) is 25.2 Å². The van der Waals surface area contributed by atoms with Crippen LogP contribution in [0.3, 0.4) is 0 Å². The summed E-state index contributed by atoms with van der Waals surface area (Å²) in [6.07, 6.45) is 6.87. The highest BCUT2D eigenvalue weighted by atomic mass is 16.3.